The summed E-state index contributed by atoms with van der Waals surface area (Å²) in [6.07, 6.45) is 1.69. The number of ether oxygens (including phenoxy) is 1. The second-order valence-corrected chi connectivity index (χ2v) is 6.22. The summed E-state index contributed by atoms with van der Waals surface area (Å²) in [5, 5.41) is 3.01. The number of aromatic nitrogens is 2. The molecule has 2 unspecified atom stereocenters. The van der Waals surface area contributed by atoms with Crippen LogP contribution in [-0.2, 0) is 16.6 Å². The van der Waals surface area contributed by atoms with Gasteiger partial charge in [-0.3, -0.25) is 4.79 Å². The van der Waals surface area contributed by atoms with Gasteiger partial charge in [0.15, 0.2) is 0 Å². The third-order valence-corrected chi connectivity index (χ3v) is 4.64. The number of fused-ring (bicyclic) bond motifs is 1. The molecule has 1 fully saturated rings. The molecule has 6 nitrogen and oxygen atoms in total. The Morgan fingerprint density at radius 2 is 2.09 bits per heavy atom. The number of hydrogen-bond acceptors (Lipinski definition) is 4. The highest BCUT2D eigenvalue weighted by molar-refractivity contribution is 5.82. The van der Waals surface area contributed by atoms with Crippen LogP contribution in [0.3, 0.4) is 0 Å². The van der Waals surface area contributed by atoms with Crippen LogP contribution in [0.1, 0.15) is 31.6 Å². The Bertz CT molecular complexity index is 691. The first-order valence-corrected chi connectivity index (χ1v) is 8.13. The molecule has 0 radical (unpaired) electrons. The maximum absolute atomic E-state index is 12.4. The van der Waals surface area contributed by atoms with E-state index in [-0.39, 0.29) is 17.9 Å². The highest BCUT2D eigenvalue weighted by Gasteiger charge is 2.28. The third-order valence-electron chi connectivity index (χ3n) is 4.64. The number of amides is 1. The van der Waals surface area contributed by atoms with E-state index in [2.05, 4.69) is 10.3 Å². The van der Waals surface area contributed by atoms with Gasteiger partial charge in [0.2, 0.25) is 5.91 Å². The van der Waals surface area contributed by atoms with E-state index in [4.69, 9.17) is 10.5 Å². The van der Waals surface area contributed by atoms with Crippen LogP contribution in [0.4, 0.5) is 0 Å². The predicted octanol–water partition coefficient (Wildman–Crippen LogP) is 1.50. The number of nitrogens with two attached hydrogens (primary N) is 1. The van der Waals surface area contributed by atoms with Crippen molar-refractivity contribution in [1.29, 1.82) is 0 Å². The summed E-state index contributed by atoms with van der Waals surface area (Å²) in [5.74, 6) is 0.909. The number of para-hydroxylation sites is 2. The minimum Gasteiger partial charge on any atom is -0.381 e. The van der Waals surface area contributed by atoms with Gasteiger partial charge in [-0.25, -0.2) is 4.98 Å². The molecular weight excluding hydrogens is 292 g/mol. The molecule has 23 heavy (non-hydrogen) atoms. The molecule has 0 aliphatic carbocycles. The van der Waals surface area contributed by atoms with Crippen molar-refractivity contribution in [1.82, 2.24) is 14.9 Å². The molecule has 3 rings (SSSR count). The van der Waals surface area contributed by atoms with Crippen molar-refractivity contribution in [2.75, 3.05) is 13.2 Å². The molecule has 3 N–H and O–H groups in total. The summed E-state index contributed by atoms with van der Waals surface area (Å²) < 4.78 is 7.34. The van der Waals surface area contributed by atoms with E-state index in [0.29, 0.717) is 13.2 Å². The molecule has 2 atom stereocenters. The number of carbonyl (C=O) groups is 1. The first kappa shape index (κ1) is 16.0. The average Bonchev–Trinajstić information content (AvgIpc) is 2.92. The zero-order valence-electron chi connectivity index (χ0n) is 13.7. The molecular formula is C17H24N4O2. The second-order valence-electron chi connectivity index (χ2n) is 6.22. The van der Waals surface area contributed by atoms with Gasteiger partial charge in [-0.05, 0) is 37.8 Å². The maximum Gasteiger partial charge on any atom is 0.237 e. The molecule has 2 aromatic rings. The van der Waals surface area contributed by atoms with E-state index in [9.17, 15) is 4.79 Å². The van der Waals surface area contributed by atoms with Gasteiger partial charge in [0, 0.05) is 20.3 Å². The Morgan fingerprint density at radius 3 is 2.78 bits per heavy atom. The molecule has 1 saturated heterocycles. The third kappa shape index (κ3) is 3.23. The summed E-state index contributed by atoms with van der Waals surface area (Å²) in [7, 11) is 1.96. The second kappa shape index (κ2) is 6.68. The molecule has 0 bridgehead atoms. The zero-order valence-corrected chi connectivity index (χ0v) is 13.7. The summed E-state index contributed by atoms with van der Waals surface area (Å²) in [4.78, 5) is 17.1. The Hall–Kier alpha value is -1.92. The van der Waals surface area contributed by atoms with Crippen molar-refractivity contribution in [2.24, 2.45) is 18.7 Å². The Kier molecular flexibility index (Phi) is 4.63. The van der Waals surface area contributed by atoms with Crippen LogP contribution in [0.2, 0.25) is 0 Å². The van der Waals surface area contributed by atoms with Crippen LogP contribution >= 0.6 is 0 Å². The molecule has 6 heteroatoms. The number of rotatable bonds is 4. The van der Waals surface area contributed by atoms with Gasteiger partial charge in [-0.1, -0.05) is 12.1 Å². The fourth-order valence-corrected chi connectivity index (χ4v) is 3.21. The fraction of sp³-hybridized carbons (Fsp3) is 0.529. The SMILES string of the molecule is CC(NC(=O)C(N)C1CCOCC1)c1nc2ccccc2n1C. The fourth-order valence-electron chi connectivity index (χ4n) is 3.21. The maximum atomic E-state index is 12.4. The summed E-state index contributed by atoms with van der Waals surface area (Å²) in [6.45, 7) is 3.31. The molecule has 124 valence electrons. The summed E-state index contributed by atoms with van der Waals surface area (Å²) in [5.41, 5.74) is 8.12. The molecule has 1 aliphatic heterocycles. The van der Waals surface area contributed by atoms with Gasteiger partial charge in [0.05, 0.1) is 23.1 Å². The van der Waals surface area contributed by atoms with Crippen molar-refractivity contribution in [3.05, 3.63) is 30.1 Å². The monoisotopic (exact) mass is 316 g/mol. The normalized spacial score (nSPS) is 18.7. The van der Waals surface area contributed by atoms with E-state index in [1.165, 1.54) is 0 Å². The van der Waals surface area contributed by atoms with Gasteiger partial charge in [-0.15, -0.1) is 0 Å². The lowest BCUT2D eigenvalue weighted by Crippen LogP contribution is -2.47. The number of benzene rings is 1. The lowest BCUT2D eigenvalue weighted by molar-refractivity contribution is -0.125. The predicted molar refractivity (Wildman–Crippen MR) is 88.8 cm³/mol. The Labute approximate surface area is 136 Å². The van der Waals surface area contributed by atoms with Crippen molar-refractivity contribution in [3.8, 4) is 0 Å². The lowest BCUT2D eigenvalue weighted by Gasteiger charge is -2.27. The van der Waals surface area contributed by atoms with Crippen LogP contribution < -0.4 is 11.1 Å². The van der Waals surface area contributed by atoms with Crippen LogP contribution in [0.25, 0.3) is 11.0 Å². The Morgan fingerprint density at radius 1 is 1.39 bits per heavy atom. The standard InChI is InChI=1S/C17H24N4O2/c1-11(16-20-13-5-3-4-6-14(13)21(16)2)19-17(22)15(18)12-7-9-23-10-8-12/h3-6,11-12,15H,7-10,18H2,1-2H3,(H,19,22). The topological polar surface area (TPSA) is 82.2 Å². The number of nitrogens with zero attached hydrogens (tertiary/aromatic N) is 2. The van der Waals surface area contributed by atoms with E-state index in [1.54, 1.807) is 0 Å². The quantitative estimate of drug-likeness (QED) is 0.895. The molecule has 1 aromatic carbocycles. The van der Waals surface area contributed by atoms with Crippen molar-refractivity contribution >= 4 is 16.9 Å². The van der Waals surface area contributed by atoms with Crippen LogP contribution in [0.5, 0.6) is 0 Å². The molecule has 0 saturated carbocycles. The summed E-state index contributed by atoms with van der Waals surface area (Å²) >= 11 is 0. The van der Waals surface area contributed by atoms with Crippen LogP contribution in [0, 0.1) is 5.92 Å². The minimum absolute atomic E-state index is 0.114. The number of nitrogens with one attached hydrogen (secondary N) is 1. The highest BCUT2D eigenvalue weighted by Crippen LogP contribution is 2.21. The van der Waals surface area contributed by atoms with Gasteiger partial charge in [0.1, 0.15) is 5.82 Å². The first-order chi connectivity index (χ1) is 11.1. The van der Waals surface area contributed by atoms with Crippen molar-refractivity contribution in [2.45, 2.75) is 31.8 Å². The molecule has 1 amide bonds. The molecule has 0 spiro atoms. The van der Waals surface area contributed by atoms with Crippen LogP contribution in [-0.4, -0.2) is 34.7 Å². The van der Waals surface area contributed by atoms with Gasteiger partial charge >= 0.3 is 0 Å². The van der Waals surface area contributed by atoms with Gasteiger partial charge in [0.25, 0.3) is 0 Å². The number of hydrogen-bond donors (Lipinski definition) is 2. The van der Waals surface area contributed by atoms with Crippen molar-refractivity contribution < 1.29 is 9.53 Å². The lowest BCUT2D eigenvalue weighted by atomic mass is 9.91. The number of carbonyl (C=O) groups excluding carboxylic acids is 1. The molecule has 1 aromatic heterocycles. The molecule has 2 heterocycles. The number of imidazole rings is 1. The van der Waals surface area contributed by atoms with E-state index in [0.717, 1.165) is 29.7 Å². The van der Waals surface area contributed by atoms with Gasteiger partial charge < -0.3 is 20.4 Å². The first-order valence-electron chi connectivity index (χ1n) is 8.13. The zero-order chi connectivity index (χ0) is 16.4. The van der Waals surface area contributed by atoms with E-state index >= 15 is 0 Å². The van der Waals surface area contributed by atoms with E-state index in [1.807, 2.05) is 42.8 Å². The minimum atomic E-state index is -0.490. The van der Waals surface area contributed by atoms with E-state index < -0.39 is 6.04 Å². The molecule has 1 aliphatic rings. The Balaban J connectivity index is 1.71. The smallest absolute Gasteiger partial charge is 0.237 e. The summed E-state index contributed by atoms with van der Waals surface area (Å²) in [6, 6.07) is 7.26. The number of aryl methyl sites for hydroxylation is 1. The highest BCUT2D eigenvalue weighted by atomic mass is 16.5. The average molecular weight is 316 g/mol. The largest absolute Gasteiger partial charge is 0.381 e. The van der Waals surface area contributed by atoms with Gasteiger partial charge in [-0.2, -0.15) is 0 Å². The van der Waals surface area contributed by atoms with Crippen LogP contribution in [0.15, 0.2) is 24.3 Å². The van der Waals surface area contributed by atoms with Crippen molar-refractivity contribution in [3.63, 3.8) is 0 Å².